The van der Waals surface area contributed by atoms with Crippen molar-refractivity contribution in [2.75, 3.05) is 5.32 Å². The van der Waals surface area contributed by atoms with Crippen LogP contribution in [0.15, 0.2) is 84.4 Å². The summed E-state index contributed by atoms with van der Waals surface area (Å²) < 4.78 is 41.5. The second-order valence-electron chi connectivity index (χ2n) is 7.49. The van der Waals surface area contributed by atoms with Crippen LogP contribution in [-0.4, -0.2) is 15.5 Å². The molecule has 4 nitrogen and oxygen atoms in total. The summed E-state index contributed by atoms with van der Waals surface area (Å²) in [4.78, 5) is 16.1. The van der Waals surface area contributed by atoms with E-state index in [-0.39, 0.29) is 11.7 Å². The van der Waals surface area contributed by atoms with Crippen molar-refractivity contribution in [3.63, 3.8) is 0 Å². The van der Waals surface area contributed by atoms with Crippen LogP contribution < -0.4 is 5.32 Å². The Labute approximate surface area is 186 Å². The van der Waals surface area contributed by atoms with Crippen molar-refractivity contribution in [3.05, 3.63) is 106 Å². The molecule has 4 aromatic rings. The largest absolute Gasteiger partial charge is 0.416 e. The molecule has 1 aliphatic heterocycles. The fourth-order valence-electron chi connectivity index (χ4n) is 4.05. The second-order valence-corrected chi connectivity index (χ2v) is 8.47. The summed E-state index contributed by atoms with van der Waals surface area (Å²) in [5, 5.41) is 4.63. The zero-order valence-corrected chi connectivity index (χ0v) is 17.5. The molecule has 8 heteroatoms. The predicted octanol–water partition coefficient (Wildman–Crippen LogP) is 6.69. The number of nitrogens with zero attached hydrogens (tertiary/aromatic N) is 2. The predicted molar refractivity (Wildman–Crippen MR) is 118 cm³/mol. The molecule has 32 heavy (non-hydrogen) atoms. The lowest BCUT2D eigenvalue weighted by Gasteiger charge is -2.30. The maximum atomic E-state index is 13.5. The van der Waals surface area contributed by atoms with Crippen LogP contribution in [-0.2, 0) is 12.7 Å². The van der Waals surface area contributed by atoms with E-state index >= 15 is 0 Å². The number of alkyl halides is 3. The van der Waals surface area contributed by atoms with E-state index in [1.807, 2.05) is 60.1 Å². The van der Waals surface area contributed by atoms with Crippen molar-refractivity contribution in [3.8, 4) is 5.69 Å². The number of urea groups is 1. The Morgan fingerprint density at radius 2 is 1.84 bits per heavy atom. The molecule has 1 atom stereocenters. The number of para-hydroxylation sites is 1. The first kappa shape index (κ1) is 20.4. The van der Waals surface area contributed by atoms with Crippen molar-refractivity contribution in [1.29, 1.82) is 0 Å². The van der Waals surface area contributed by atoms with Gasteiger partial charge in [0.1, 0.15) is 6.04 Å². The smallest absolute Gasteiger partial charge is 0.318 e. The van der Waals surface area contributed by atoms with Gasteiger partial charge < -0.3 is 14.8 Å². The lowest BCUT2D eigenvalue weighted by molar-refractivity contribution is -0.137. The maximum Gasteiger partial charge on any atom is 0.416 e. The molecule has 0 fully saturated rings. The van der Waals surface area contributed by atoms with Crippen molar-refractivity contribution in [2.24, 2.45) is 0 Å². The van der Waals surface area contributed by atoms with E-state index < -0.39 is 17.8 Å². The first-order valence-electron chi connectivity index (χ1n) is 9.95. The van der Waals surface area contributed by atoms with E-state index in [0.29, 0.717) is 6.54 Å². The molecule has 2 aromatic carbocycles. The van der Waals surface area contributed by atoms with Crippen LogP contribution in [0.1, 0.15) is 27.7 Å². The molecule has 0 radical (unpaired) electrons. The minimum atomic E-state index is -4.48. The van der Waals surface area contributed by atoms with Crippen LogP contribution in [0.4, 0.5) is 23.7 Å². The lowest BCUT2D eigenvalue weighted by Crippen LogP contribution is -2.37. The van der Waals surface area contributed by atoms with Crippen molar-refractivity contribution in [1.82, 2.24) is 9.47 Å². The number of amides is 2. The van der Waals surface area contributed by atoms with E-state index in [4.69, 9.17) is 0 Å². The normalized spacial score (nSPS) is 15.6. The molecule has 1 N–H and O–H groups in total. The molecule has 2 amide bonds. The third-order valence-electron chi connectivity index (χ3n) is 5.48. The van der Waals surface area contributed by atoms with Gasteiger partial charge in [0.2, 0.25) is 0 Å². The van der Waals surface area contributed by atoms with Gasteiger partial charge in [-0.1, -0.05) is 30.3 Å². The number of hydrogen-bond donors (Lipinski definition) is 1. The molecule has 162 valence electrons. The Morgan fingerprint density at radius 3 is 2.62 bits per heavy atom. The number of fused-ring (bicyclic) bond motifs is 3. The van der Waals surface area contributed by atoms with Gasteiger partial charge in [0.25, 0.3) is 0 Å². The minimum absolute atomic E-state index is 0.0997. The van der Waals surface area contributed by atoms with Crippen molar-refractivity contribution >= 4 is 23.1 Å². The van der Waals surface area contributed by atoms with Crippen molar-refractivity contribution < 1.29 is 18.0 Å². The highest BCUT2D eigenvalue weighted by Crippen LogP contribution is 2.38. The number of halogens is 3. The molecule has 1 aliphatic rings. The molecule has 0 aliphatic carbocycles. The molecule has 2 aromatic heterocycles. The van der Waals surface area contributed by atoms with E-state index in [0.717, 1.165) is 34.0 Å². The van der Waals surface area contributed by atoms with Gasteiger partial charge in [-0.25, -0.2) is 4.79 Å². The van der Waals surface area contributed by atoms with Crippen molar-refractivity contribution in [2.45, 2.75) is 18.8 Å². The Morgan fingerprint density at radius 1 is 1.00 bits per heavy atom. The van der Waals surface area contributed by atoms with Gasteiger partial charge >= 0.3 is 12.2 Å². The molecular weight excluding hydrogens is 435 g/mol. The monoisotopic (exact) mass is 453 g/mol. The molecule has 5 rings (SSSR count). The zero-order valence-electron chi connectivity index (χ0n) is 16.7. The minimum Gasteiger partial charge on any atom is -0.318 e. The van der Waals surface area contributed by atoms with Crippen LogP contribution in [0.2, 0.25) is 0 Å². The van der Waals surface area contributed by atoms with Gasteiger partial charge in [-0.2, -0.15) is 13.2 Å². The first-order chi connectivity index (χ1) is 15.4. The van der Waals surface area contributed by atoms with Crippen LogP contribution in [0.5, 0.6) is 0 Å². The van der Waals surface area contributed by atoms with Gasteiger partial charge in [0.15, 0.2) is 0 Å². The second kappa shape index (κ2) is 7.87. The number of rotatable bonds is 2. The van der Waals surface area contributed by atoms with Crippen LogP contribution in [0.3, 0.4) is 0 Å². The molecule has 0 spiro atoms. The highest BCUT2D eigenvalue weighted by Gasteiger charge is 2.34. The topological polar surface area (TPSA) is 37.3 Å². The third-order valence-corrected chi connectivity index (χ3v) is 6.40. The zero-order chi connectivity index (χ0) is 22.3. The highest BCUT2D eigenvalue weighted by atomic mass is 32.1. The number of benzene rings is 2. The Balaban J connectivity index is 1.57. The Hall–Kier alpha value is -3.52. The number of nitrogens with one attached hydrogen (secondary N) is 1. The molecule has 0 unspecified atom stereocenters. The summed E-state index contributed by atoms with van der Waals surface area (Å²) in [6.45, 7) is 0.311. The average Bonchev–Trinajstić information content (AvgIpc) is 3.44. The lowest BCUT2D eigenvalue weighted by atomic mass is 10.1. The van der Waals surface area contributed by atoms with Crippen LogP contribution >= 0.6 is 11.3 Å². The Kier molecular flexibility index (Phi) is 5.01. The van der Waals surface area contributed by atoms with Crippen LogP contribution in [0.25, 0.3) is 5.69 Å². The van der Waals surface area contributed by atoms with Gasteiger partial charge in [0, 0.05) is 16.8 Å². The third kappa shape index (κ3) is 3.67. The summed E-state index contributed by atoms with van der Waals surface area (Å²) in [5.41, 5.74) is 2.13. The van der Waals surface area contributed by atoms with E-state index in [1.54, 1.807) is 4.90 Å². The summed E-state index contributed by atoms with van der Waals surface area (Å²) >= 11 is 1.53. The maximum absolute atomic E-state index is 13.5. The van der Waals surface area contributed by atoms with E-state index in [2.05, 4.69) is 9.88 Å². The van der Waals surface area contributed by atoms with Gasteiger partial charge in [-0.05, 0) is 53.4 Å². The Bertz CT molecular complexity index is 1260. The summed E-state index contributed by atoms with van der Waals surface area (Å²) in [6.07, 6.45) is -2.52. The molecule has 3 heterocycles. The molecule has 0 bridgehead atoms. The summed E-state index contributed by atoms with van der Waals surface area (Å²) in [5.74, 6) is 0. The average molecular weight is 453 g/mol. The number of carbonyl (C=O) groups excluding carboxylic acids is 1. The summed E-state index contributed by atoms with van der Waals surface area (Å²) in [7, 11) is 0. The number of anilines is 1. The molecular formula is C24H18F3N3OS. The van der Waals surface area contributed by atoms with Crippen LogP contribution in [0, 0.1) is 0 Å². The quantitative estimate of drug-likeness (QED) is 0.361. The number of carbonyl (C=O) groups is 1. The van der Waals surface area contributed by atoms with Gasteiger partial charge in [-0.15, -0.1) is 11.3 Å². The van der Waals surface area contributed by atoms with Gasteiger partial charge in [-0.3, -0.25) is 0 Å². The number of hydrogen-bond acceptors (Lipinski definition) is 2. The fraction of sp³-hybridized carbons (Fsp3) is 0.125. The molecule has 0 saturated heterocycles. The number of thiophene rings is 1. The summed E-state index contributed by atoms with van der Waals surface area (Å²) in [6, 6.07) is 19.4. The van der Waals surface area contributed by atoms with E-state index in [1.165, 1.54) is 23.5 Å². The molecule has 0 saturated carbocycles. The van der Waals surface area contributed by atoms with Gasteiger partial charge in [0.05, 0.1) is 23.5 Å². The highest BCUT2D eigenvalue weighted by molar-refractivity contribution is 7.10. The SMILES string of the molecule is O=C(Nc1cccc(C(F)(F)F)c1)N1Cc2ccccc2-n2cccc2[C@@H]1c1cccs1. The standard InChI is InChI=1S/C24H18F3N3OS/c25-24(26,27)17-7-3-8-18(14-17)28-23(31)30-15-16-6-1-2-9-19(16)29-12-4-10-20(29)22(30)21-11-5-13-32-21/h1-14,22H,15H2,(H,28,31)/t22-/m1/s1. The first-order valence-corrected chi connectivity index (χ1v) is 10.8. The number of aromatic nitrogens is 1. The van der Waals surface area contributed by atoms with E-state index in [9.17, 15) is 18.0 Å². The fourth-order valence-corrected chi connectivity index (χ4v) is 4.90.